The number of fused-ring (bicyclic) bond motifs is 2. The van der Waals surface area contributed by atoms with Gasteiger partial charge in [0.1, 0.15) is 0 Å². The van der Waals surface area contributed by atoms with Gasteiger partial charge in [0.15, 0.2) is 0 Å². The third kappa shape index (κ3) is 5.35. The fourth-order valence-corrected chi connectivity index (χ4v) is 6.20. The molecule has 3 heterocycles. The number of nitrogens with one attached hydrogen (secondary N) is 2. The molecular weight excluding hydrogens is 475 g/mol. The molecule has 0 spiro atoms. The highest BCUT2D eigenvalue weighted by molar-refractivity contribution is 7.99. The number of likely N-dealkylation sites (tertiary alicyclic amines) is 1. The van der Waals surface area contributed by atoms with Crippen LogP contribution in [-0.2, 0) is 10.9 Å². The highest BCUT2D eigenvalue weighted by Gasteiger charge is 2.34. The molecule has 0 amide bonds. The second-order valence-electron chi connectivity index (χ2n) is 9.44. The van der Waals surface area contributed by atoms with Crippen molar-refractivity contribution in [1.29, 1.82) is 0 Å². The van der Waals surface area contributed by atoms with E-state index in [1.165, 1.54) is 23.9 Å². The molecule has 0 aliphatic carbocycles. The minimum Gasteiger partial charge on any atom is -0.380 e. The molecule has 2 aromatic carbocycles. The Labute approximate surface area is 208 Å². The minimum absolute atomic E-state index is 0.121. The first-order chi connectivity index (χ1) is 16.8. The number of anilines is 4. The van der Waals surface area contributed by atoms with E-state index in [9.17, 15) is 13.2 Å². The van der Waals surface area contributed by atoms with Crippen LogP contribution in [0.25, 0.3) is 0 Å². The van der Waals surface area contributed by atoms with Crippen molar-refractivity contribution in [3.63, 3.8) is 0 Å². The topological polar surface area (TPSA) is 65.8 Å². The Bertz CT molecular complexity index is 1060. The Balaban J connectivity index is 1.39. The molecule has 2 saturated heterocycles. The average Bonchev–Trinajstić information content (AvgIpc) is 3.33. The predicted molar refractivity (Wildman–Crippen MR) is 135 cm³/mol. The van der Waals surface area contributed by atoms with Crippen LogP contribution in [0.5, 0.6) is 0 Å². The Morgan fingerprint density at radius 1 is 1.11 bits per heavy atom. The Morgan fingerprint density at radius 2 is 1.91 bits per heavy atom. The van der Waals surface area contributed by atoms with E-state index >= 15 is 0 Å². The third-order valence-corrected chi connectivity index (χ3v) is 8.21. The lowest BCUT2D eigenvalue weighted by Crippen LogP contribution is -2.41. The van der Waals surface area contributed by atoms with Crippen molar-refractivity contribution in [3.8, 4) is 0 Å². The van der Waals surface area contributed by atoms with Crippen molar-refractivity contribution in [2.45, 2.75) is 47.4 Å². The van der Waals surface area contributed by atoms with Gasteiger partial charge in [-0.15, -0.1) is 0 Å². The lowest BCUT2D eigenvalue weighted by Gasteiger charge is -2.34. The first-order valence-electron chi connectivity index (χ1n) is 12.1. The van der Waals surface area contributed by atoms with Crippen molar-refractivity contribution in [1.82, 2.24) is 4.90 Å². The van der Waals surface area contributed by atoms with Crippen molar-refractivity contribution in [2.24, 2.45) is 5.73 Å². The number of hydrogen-bond acceptors (Lipinski definition) is 7. The SMILES string of the molecule is COC1CCN(c2ccc3c(c2)Sc2cc(C(F)(F)F)cc(NC4CCN(CCN)CC4)c2N3)C1. The van der Waals surface area contributed by atoms with Gasteiger partial charge in [0.25, 0.3) is 0 Å². The number of benzene rings is 2. The summed E-state index contributed by atoms with van der Waals surface area (Å²) in [6.45, 7) is 4.98. The molecule has 1 atom stereocenters. The molecule has 0 radical (unpaired) electrons. The van der Waals surface area contributed by atoms with E-state index in [-0.39, 0.29) is 12.1 Å². The summed E-state index contributed by atoms with van der Waals surface area (Å²) in [7, 11) is 1.73. The molecule has 3 aliphatic heterocycles. The molecule has 35 heavy (non-hydrogen) atoms. The summed E-state index contributed by atoms with van der Waals surface area (Å²) in [5.74, 6) is 0. The number of nitrogens with two attached hydrogens (primary N) is 1. The smallest absolute Gasteiger partial charge is 0.380 e. The molecule has 3 aliphatic rings. The summed E-state index contributed by atoms with van der Waals surface area (Å²) >= 11 is 1.39. The number of alkyl halides is 3. The summed E-state index contributed by atoms with van der Waals surface area (Å²) in [4.78, 5) is 6.08. The van der Waals surface area contributed by atoms with E-state index in [1.54, 1.807) is 7.11 Å². The van der Waals surface area contributed by atoms with Gasteiger partial charge in [0.05, 0.1) is 28.7 Å². The summed E-state index contributed by atoms with van der Waals surface area (Å²) in [6.07, 6.45) is -1.49. The van der Waals surface area contributed by atoms with Gasteiger partial charge in [-0.3, -0.25) is 0 Å². The summed E-state index contributed by atoms with van der Waals surface area (Å²) < 4.78 is 46.9. The van der Waals surface area contributed by atoms with E-state index in [0.29, 0.717) is 22.8 Å². The number of ether oxygens (including phenoxy) is 1. The number of methoxy groups -OCH3 is 1. The number of nitrogens with zero attached hydrogens (tertiary/aromatic N) is 2. The van der Waals surface area contributed by atoms with Crippen LogP contribution < -0.4 is 21.3 Å². The van der Waals surface area contributed by atoms with Gasteiger partial charge in [-0.05, 0) is 49.6 Å². The summed E-state index contributed by atoms with van der Waals surface area (Å²) in [6, 6.07) is 8.78. The molecule has 0 aromatic heterocycles. The zero-order valence-electron chi connectivity index (χ0n) is 19.8. The highest BCUT2D eigenvalue weighted by Crippen LogP contribution is 2.50. The zero-order valence-corrected chi connectivity index (χ0v) is 20.6. The number of hydrogen-bond donors (Lipinski definition) is 3. The molecule has 2 fully saturated rings. The maximum absolute atomic E-state index is 13.8. The standard InChI is InChI=1S/C25H32F3N5OS/c1-34-19-6-10-33(15-19)18-2-3-20-22(14-18)35-23-13-16(25(26,27)28)12-21(24(23)31-20)30-17-4-8-32(9-5-17)11-7-29/h2-3,12-14,17,19,30-31H,4-11,15,29H2,1H3. The first kappa shape index (κ1) is 24.5. The maximum Gasteiger partial charge on any atom is 0.416 e. The second-order valence-corrected chi connectivity index (χ2v) is 10.5. The number of piperidine rings is 1. The normalized spacial score (nSPS) is 20.9. The van der Waals surface area contributed by atoms with E-state index in [0.717, 1.165) is 68.3 Å². The highest BCUT2D eigenvalue weighted by atomic mass is 32.2. The molecule has 0 bridgehead atoms. The maximum atomic E-state index is 13.8. The third-order valence-electron chi connectivity index (χ3n) is 7.11. The van der Waals surface area contributed by atoms with Crippen LogP contribution in [-0.4, -0.2) is 63.4 Å². The van der Waals surface area contributed by atoms with E-state index < -0.39 is 11.7 Å². The molecule has 10 heteroatoms. The van der Waals surface area contributed by atoms with Gasteiger partial charge >= 0.3 is 6.18 Å². The Kier molecular flexibility index (Phi) is 7.07. The van der Waals surface area contributed by atoms with Crippen molar-refractivity contribution in [2.75, 3.05) is 61.9 Å². The Morgan fingerprint density at radius 3 is 2.60 bits per heavy atom. The van der Waals surface area contributed by atoms with E-state index in [1.807, 2.05) is 6.07 Å². The van der Waals surface area contributed by atoms with Crippen molar-refractivity contribution >= 4 is 34.5 Å². The minimum atomic E-state index is -4.41. The largest absolute Gasteiger partial charge is 0.416 e. The summed E-state index contributed by atoms with van der Waals surface area (Å²) in [5, 5.41) is 6.85. The molecule has 1 unspecified atom stereocenters. The van der Waals surface area contributed by atoms with Crippen LogP contribution >= 0.6 is 11.8 Å². The van der Waals surface area contributed by atoms with E-state index in [4.69, 9.17) is 10.5 Å². The van der Waals surface area contributed by atoms with Gasteiger partial charge in [0.2, 0.25) is 0 Å². The molecule has 5 rings (SSSR count). The molecule has 0 saturated carbocycles. The van der Waals surface area contributed by atoms with Gasteiger partial charge in [-0.1, -0.05) is 11.8 Å². The molecule has 6 nitrogen and oxygen atoms in total. The fraction of sp³-hybridized carbons (Fsp3) is 0.520. The first-order valence-corrected chi connectivity index (χ1v) is 13.0. The molecule has 190 valence electrons. The van der Waals surface area contributed by atoms with Gasteiger partial charge in [-0.25, -0.2) is 0 Å². The lowest BCUT2D eigenvalue weighted by atomic mass is 10.0. The van der Waals surface area contributed by atoms with Crippen LogP contribution in [0.2, 0.25) is 0 Å². The molecule has 2 aromatic rings. The van der Waals surface area contributed by atoms with Gasteiger partial charge in [0, 0.05) is 67.9 Å². The fourth-order valence-electron chi connectivity index (χ4n) is 5.11. The quantitative estimate of drug-likeness (QED) is 0.435. The lowest BCUT2D eigenvalue weighted by molar-refractivity contribution is -0.137. The van der Waals surface area contributed by atoms with Crippen molar-refractivity contribution in [3.05, 3.63) is 35.9 Å². The van der Waals surface area contributed by atoms with Crippen molar-refractivity contribution < 1.29 is 17.9 Å². The molecular formula is C25H32F3N5OS. The number of rotatable bonds is 6. The average molecular weight is 508 g/mol. The monoisotopic (exact) mass is 507 g/mol. The number of halogens is 3. The molecule has 4 N–H and O–H groups in total. The van der Waals surface area contributed by atoms with Crippen LogP contribution in [0.4, 0.5) is 35.9 Å². The Hall–Kier alpha value is -2.14. The van der Waals surface area contributed by atoms with Crippen LogP contribution in [0.1, 0.15) is 24.8 Å². The zero-order chi connectivity index (χ0) is 24.6. The van der Waals surface area contributed by atoms with Gasteiger partial charge < -0.3 is 30.9 Å². The summed E-state index contributed by atoms with van der Waals surface area (Å²) in [5.41, 5.74) is 8.24. The van der Waals surface area contributed by atoms with Crippen LogP contribution in [0.15, 0.2) is 40.1 Å². The van der Waals surface area contributed by atoms with E-state index in [2.05, 4.69) is 32.6 Å². The predicted octanol–water partition coefficient (Wildman–Crippen LogP) is 4.97. The van der Waals surface area contributed by atoms with Gasteiger partial charge in [-0.2, -0.15) is 13.2 Å². The van der Waals surface area contributed by atoms with Crippen LogP contribution in [0, 0.1) is 0 Å². The second kappa shape index (κ2) is 10.1. The van der Waals surface area contributed by atoms with Crippen LogP contribution in [0.3, 0.4) is 0 Å².